The molecule has 0 saturated carbocycles. The molecule has 158 valence electrons. The second-order valence-electron chi connectivity index (χ2n) is 6.84. The zero-order valence-electron chi connectivity index (χ0n) is 17.7. The number of benzene rings is 3. The van der Waals surface area contributed by atoms with Crippen LogP contribution in [0, 0.1) is 0 Å². The number of hydrogen-bond donors (Lipinski definition) is 1. The largest absolute Gasteiger partial charge is 0.490 e. The van der Waals surface area contributed by atoms with Gasteiger partial charge in [-0.25, -0.2) is 9.97 Å². The van der Waals surface area contributed by atoms with E-state index in [1.165, 1.54) is 0 Å². The van der Waals surface area contributed by atoms with Gasteiger partial charge in [0.15, 0.2) is 11.5 Å². The van der Waals surface area contributed by atoms with Crippen molar-refractivity contribution in [3.8, 4) is 17.2 Å². The first-order chi connectivity index (χ1) is 15.2. The van der Waals surface area contributed by atoms with E-state index in [0.717, 1.165) is 27.9 Å². The van der Waals surface area contributed by atoms with E-state index in [-0.39, 0.29) is 0 Å². The molecule has 0 aliphatic heterocycles. The summed E-state index contributed by atoms with van der Waals surface area (Å²) < 4.78 is 17.2. The van der Waals surface area contributed by atoms with Gasteiger partial charge in [-0.2, -0.15) is 0 Å². The summed E-state index contributed by atoms with van der Waals surface area (Å²) in [7, 11) is 0. The molecule has 0 spiro atoms. The molecule has 1 heterocycles. The van der Waals surface area contributed by atoms with E-state index in [2.05, 4.69) is 15.3 Å². The highest BCUT2D eigenvalue weighted by molar-refractivity contribution is 5.83. The molecule has 6 nitrogen and oxygen atoms in total. The summed E-state index contributed by atoms with van der Waals surface area (Å²) in [5, 5.41) is 4.13. The molecule has 0 saturated heterocycles. The second kappa shape index (κ2) is 9.80. The number of ether oxygens (including phenoxy) is 3. The number of nitrogens with zero attached hydrogens (tertiary/aromatic N) is 2. The van der Waals surface area contributed by atoms with Crippen LogP contribution in [0.15, 0.2) is 72.9 Å². The normalized spacial score (nSPS) is 10.6. The summed E-state index contributed by atoms with van der Waals surface area (Å²) >= 11 is 0. The molecule has 0 bridgehead atoms. The first-order valence-electron chi connectivity index (χ1n) is 10.4. The Bertz CT molecular complexity index is 1130. The smallest absolute Gasteiger partial charge is 0.227 e. The fourth-order valence-electron chi connectivity index (χ4n) is 3.14. The molecule has 1 N–H and O–H groups in total. The lowest BCUT2D eigenvalue weighted by molar-refractivity contribution is 0.288. The van der Waals surface area contributed by atoms with E-state index >= 15 is 0 Å². The number of hydrogen-bond acceptors (Lipinski definition) is 6. The fraction of sp³-hybridized carbons (Fsp3) is 0.200. The van der Waals surface area contributed by atoms with Gasteiger partial charge in [0.1, 0.15) is 12.4 Å². The fourth-order valence-corrected chi connectivity index (χ4v) is 3.14. The number of fused-ring (bicyclic) bond motifs is 1. The highest BCUT2D eigenvalue weighted by Crippen LogP contribution is 2.32. The zero-order valence-corrected chi connectivity index (χ0v) is 17.7. The SMILES string of the molecule is CCOc1cc2cnc(Nc3ccc(OCc4ccccc4)cc3)nc2cc1OCC. The van der Waals surface area contributed by atoms with Crippen molar-refractivity contribution in [2.45, 2.75) is 20.5 Å². The van der Waals surface area contributed by atoms with E-state index in [4.69, 9.17) is 14.2 Å². The van der Waals surface area contributed by atoms with Crippen LogP contribution in [-0.4, -0.2) is 23.2 Å². The summed E-state index contributed by atoms with van der Waals surface area (Å²) in [6.07, 6.45) is 1.78. The van der Waals surface area contributed by atoms with Crippen molar-refractivity contribution >= 4 is 22.5 Å². The first kappa shape index (κ1) is 20.5. The monoisotopic (exact) mass is 415 g/mol. The third kappa shape index (κ3) is 5.22. The lowest BCUT2D eigenvalue weighted by Crippen LogP contribution is -2.01. The van der Waals surface area contributed by atoms with Gasteiger partial charge in [-0.3, -0.25) is 0 Å². The summed E-state index contributed by atoms with van der Waals surface area (Å²) in [6, 6.07) is 21.6. The summed E-state index contributed by atoms with van der Waals surface area (Å²) in [4.78, 5) is 9.05. The van der Waals surface area contributed by atoms with Gasteiger partial charge in [0, 0.05) is 23.3 Å². The van der Waals surface area contributed by atoms with Crippen LogP contribution in [0.3, 0.4) is 0 Å². The molecular weight excluding hydrogens is 390 g/mol. The highest BCUT2D eigenvalue weighted by atomic mass is 16.5. The number of anilines is 2. The lowest BCUT2D eigenvalue weighted by Gasteiger charge is -2.12. The summed E-state index contributed by atoms with van der Waals surface area (Å²) in [5.41, 5.74) is 2.79. The maximum atomic E-state index is 5.84. The Balaban J connectivity index is 1.46. The Morgan fingerprint density at radius 1 is 0.806 bits per heavy atom. The van der Waals surface area contributed by atoms with Crippen molar-refractivity contribution in [3.63, 3.8) is 0 Å². The van der Waals surface area contributed by atoms with Crippen molar-refractivity contribution in [2.75, 3.05) is 18.5 Å². The molecule has 0 aliphatic carbocycles. The van der Waals surface area contributed by atoms with Gasteiger partial charge in [-0.05, 0) is 49.7 Å². The van der Waals surface area contributed by atoms with Crippen LogP contribution >= 0.6 is 0 Å². The van der Waals surface area contributed by atoms with Crippen LogP contribution in [0.2, 0.25) is 0 Å². The van der Waals surface area contributed by atoms with Gasteiger partial charge in [-0.15, -0.1) is 0 Å². The van der Waals surface area contributed by atoms with Gasteiger partial charge < -0.3 is 19.5 Å². The van der Waals surface area contributed by atoms with Crippen molar-refractivity contribution < 1.29 is 14.2 Å². The van der Waals surface area contributed by atoms with Crippen LogP contribution in [0.5, 0.6) is 17.2 Å². The van der Waals surface area contributed by atoms with Crippen LogP contribution in [0.1, 0.15) is 19.4 Å². The molecule has 4 rings (SSSR count). The third-order valence-corrected chi connectivity index (χ3v) is 4.60. The molecule has 0 unspecified atom stereocenters. The third-order valence-electron chi connectivity index (χ3n) is 4.60. The molecule has 3 aromatic carbocycles. The van der Waals surface area contributed by atoms with E-state index < -0.39 is 0 Å². The molecule has 31 heavy (non-hydrogen) atoms. The Kier molecular flexibility index (Phi) is 6.47. The van der Waals surface area contributed by atoms with Crippen LogP contribution < -0.4 is 19.5 Å². The topological polar surface area (TPSA) is 65.5 Å². The van der Waals surface area contributed by atoms with E-state index in [1.807, 2.05) is 80.6 Å². The van der Waals surface area contributed by atoms with Gasteiger partial charge >= 0.3 is 0 Å². The zero-order chi connectivity index (χ0) is 21.5. The molecule has 4 aromatic rings. The maximum absolute atomic E-state index is 5.84. The number of nitrogens with one attached hydrogen (secondary N) is 1. The Morgan fingerprint density at radius 2 is 1.52 bits per heavy atom. The second-order valence-corrected chi connectivity index (χ2v) is 6.84. The Hall–Kier alpha value is -3.80. The van der Waals surface area contributed by atoms with E-state index in [0.29, 0.717) is 37.3 Å². The first-order valence-corrected chi connectivity index (χ1v) is 10.4. The van der Waals surface area contributed by atoms with E-state index in [1.54, 1.807) is 6.20 Å². The summed E-state index contributed by atoms with van der Waals surface area (Å²) in [6.45, 7) is 5.55. The molecule has 0 radical (unpaired) electrons. The molecule has 1 aromatic heterocycles. The van der Waals surface area contributed by atoms with Crippen LogP contribution in [0.4, 0.5) is 11.6 Å². The van der Waals surface area contributed by atoms with Crippen molar-refractivity contribution in [2.24, 2.45) is 0 Å². The van der Waals surface area contributed by atoms with Crippen molar-refractivity contribution in [3.05, 3.63) is 78.5 Å². The standard InChI is InChI=1S/C25H25N3O3/c1-3-29-23-14-19-16-26-25(28-22(19)15-24(23)30-4-2)27-20-10-12-21(13-11-20)31-17-18-8-6-5-7-9-18/h5-16H,3-4,17H2,1-2H3,(H,26,27,28). The molecule has 0 atom stereocenters. The predicted octanol–water partition coefficient (Wildman–Crippen LogP) is 5.75. The molecule has 0 fully saturated rings. The molecule has 0 aliphatic rings. The maximum Gasteiger partial charge on any atom is 0.227 e. The average molecular weight is 415 g/mol. The lowest BCUT2D eigenvalue weighted by atomic mass is 10.2. The predicted molar refractivity (Wildman–Crippen MR) is 122 cm³/mol. The van der Waals surface area contributed by atoms with Crippen LogP contribution in [-0.2, 0) is 6.61 Å². The minimum Gasteiger partial charge on any atom is -0.490 e. The Morgan fingerprint density at radius 3 is 2.23 bits per heavy atom. The van der Waals surface area contributed by atoms with Crippen molar-refractivity contribution in [1.82, 2.24) is 9.97 Å². The number of aromatic nitrogens is 2. The van der Waals surface area contributed by atoms with Crippen molar-refractivity contribution in [1.29, 1.82) is 0 Å². The van der Waals surface area contributed by atoms with Gasteiger partial charge in [0.25, 0.3) is 0 Å². The summed E-state index contributed by atoms with van der Waals surface area (Å²) in [5.74, 6) is 2.70. The highest BCUT2D eigenvalue weighted by Gasteiger charge is 2.10. The van der Waals surface area contributed by atoms with E-state index in [9.17, 15) is 0 Å². The molecule has 6 heteroatoms. The van der Waals surface area contributed by atoms with Crippen LogP contribution in [0.25, 0.3) is 10.9 Å². The van der Waals surface area contributed by atoms with Gasteiger partial charge in [-0.1, -0.05) is 30.3 Å². The molecular formula is C25H25N3O3. The quantitative estimate of drug-likeness (QED) is 0.375. The minimum absolute atomic E-state index is 0.511. The van der Waals surface area contributed by atoms with Gasteiger partial charge in [0.2, 0.25) is 5.95 Å². The molecule has 0 amide bonds. The average Bonchev–Trinajstić information content (AvgIpc) is 2.80. The van der Waals surface area contributed by atoms with Gasteiger partial charge in [0.05, 0.1) is 18.7 Å². The minimum atomic E-state index is 0.511. The Labute approximate surface area is 181 Å². The number of rotatable bonds is 9.